The summed E-state index contributed by atoms with van der Waals surface area (Å²) < 4.78 is 5.55. The molecule has 1 aliphatic heterocycles. The zero-order valence-corrected chi connectivity index (χ0v) is 15.7. The lowest BCUT2D eigenvalue weighted by Gasteiger charge is -2.35. The zero-order chi connectivity index (χ0) is 16.9. The Labute approximate surface area is 143 Å². The molecule has 1 unspecified atom stereocenters. The number of hydrogen-bond donors (Lipinski definition) is 2. The molecule has 0 aliphatic carbocycles. The van der Waals surface area contributed by atoms with Gasteiger partial charge in [-0.05, 0) is 53.0 Å². The van der Waals surface area contributed by atoms with Crippen LogP contribution in [0.3, 0.4) is 0 Å². The molecule has 0 radical (unpaired) electrons. The van der Waals surface area contributed by atoms with Crippen molar-refractivity contribution in [2.45, 2.75) is 71.9 Å². The van der Waals surface area contributed by atoms with Gasteiger partial charge in [0.05, 0.1) is 6.10 Å². The highest BCUT2D eigenvalue weighted by Gasteiger charge is 2.19. The summed E-state index contributed by atoms with van der Waals surface area (Å²) in [6, 6.07) is 0.776. The van der Waals surface area contributed by atoms with Crippen molar-refractivity contribution in [1.29, 1.82) is 0 Å². The first kappa shape index (κ1) is 20.2. The van der Waals surface area contributed by atoms with E-state index in [9.17, 15) is 0 Å². The smallest absolute Gasteiger partial charge is 0.191 e. The van der Waals surface area contributed by atoms with E-state index in [-0.39, 0.29) is 0 Å². The Morgan fingerprint density at radius 2 is 2.09 bits per heavy atom. The van der Waals surface area contributed by atoms with Crippen LogP contribution in [-0.2, 0) is 4.74 Å². The summed E-state index contributed by atoms with van der Waals surface area (Å²) in [5.41, 5.74) is 0. The minimum Gasteiger partial charge on any atom is -0.379 e. The molecule has 1 rings (SSSR count). The molecule has 0 spiro atoms. The van der Waals surface area contributed by atoms with E-state index in [0.29, 0.717) is 6.10 Å². The Morgan fingerprint density at radius 1 is 1.26 bits per heavy atom. The van der Waals surface area contributed by atoms with Crippen LogP contribution in [0.2, 0.25) is 0 Å². The molecular formula is C18H38N4O. The molecule has 0 aromatic carbocycles. The van der Waals surface area contributed by atoms with Gasteiger partial charge in [-0.2, -0.15) is 0 Å². The second-order valence-corrected chi connectivity index (χ2v) is 6.55. The molecule has 1 heterocycles. The SMILES string of the molecule is CCNC(=NCCCOC(C)C)NCCN1CCCCC1CC. The summed E-state index contributed by atoms with van der Waals surface area (Å²) in [6.07, 6.45) is 6.65. The molecule has 0 saturated carbocycles. The maximum atomic E-state index is 5.55. The van der Waals surface area contributed by atoms with Crippen molar-refractivity contribution in [3.63, 3.8) is 0 Å². The molecule has 1 aliphatic rings. The predicted molar refractivity (Wildman–Crippen MR) is 99.2 cm³/mol. The Balaban J connectivity index is 2.25. The third-order valence-corrected chi connectivity index (χ3v) is 4.28. The van der Waals surface area contributed by atoms with Gasteiger partial charge in [0, 0.05) is 38.8 Å². The normalized spacial score (nSPS) is 20.0. The third-order valence-electron chi connectivity index (χ3n) is 4.28. The molecule has 2 N–H and O–H groups in total. The van der Waals surface area contributed by atoms with Gasteiger partial charge in [-0.3, -0.25) is 9.89 Å². The van der Waals surface area contributed by atoms with E-state index in [1.807, 2.05) is 0 Å². The number of nitrogens with zero attached hydrogens (tertiary/aromatic N) is 2. The summed E-state index contributed by atoms with van der Waals surface area (Å²) in [6.45, 7) is 14.4. The fourth-order valence-corrected chi connectivity index (χ4v) is 3.05. The molecule has 1 fully saturated rings. The highest BCUT2D eigenvalue weighted by atomic mass is 16.5. The van der Waals surface area contributed by atoms with E-state index >= 15 is 0 Å². The maximum absolute atomic E-state index is 5.55. The van der Waals surface area contributed by atoms with Crippen molar-refractivity contribution in [2.24, 2.45) is 4.99 Å². The van der Waals surface area contributed by atoms with Gasteiger partial charge in [0.15, 0.2) is 5.96 Å². The summed E-state index contributed by atoms with van der Waals surface area (Å²) in [7, 11) is 0. The Bertz CT molecular complexity index is 320. The second-order valence-electron chi connectivity index (χ2n) is 6.55. The molecule has 0 bridgehead atoms. The molecule has 1 atom stereocenters. The Kier molecular flexibility index (Phi) is 11.1. The fraction of sp³-hybridized carbons (Fsp3) is 0.944. The van der Waals surface area contributed by atoms with Crippen LogP contribution in [0.4, 0.5) is 0 Å². The molecule has 23 heavy (non-hydrogen) atoms. The minimum absolute atomic E-state index is 0.307. The molecule has 1 saturated heterocycles. The summed E-state index contributed by atoms with van der Waals surface area (Å²) in [5.74, 6) is 0.933. The van der Waals surface area contributed by atoms with Crippen LogP contribution in [0, 0.1) is 0 Å². The van der Waals surface area contributed by atoms with Crippen LogP contribution in [-0.4, -0.2) is 62.3 Å². The van der Waals surface area contributed by atoms with E-state index < -0.39 is 0 Å². The number of ether oxygens (including phenoxy) is 1. The summed E-state index contributed by atoms with van der Waals surface area (Å²) in [5, 5.41) is 6.79. The van der Waals surface area contributed by atoms with Gasteiger partial charge < -0.3 is 15.4 Å². The Hall–Kier alpha value is -0.810. The summed E-state index contributed by atoms with van der Waals surface area (Å²) in [4.78, 5) is 7.26. The van der Waals surface area contributed by atoms with Gasteiger partial charge in [-0.15, -0.1) is 0 Å². The molecule has 0 aromatic rings. The number of hydrogen-bond acceptors (Lipinski definition) is 3. The van der Waals surface area contributed by atoms with Crippen molar-refractivity contribution < 1.29 is 4.74 Å². The quantitative estimate of drug-likeness (QED) is 0.368. The van der Waals surface area contributed by atoms with Crippen LogP contribution in [0.15, 0.2) is 4.99 Å². The van der Waals surface area contributed by atoms with E-state index in [4.69, 9.17) is 4.74 Å². The molecule has 0 amide bonds. The number of nitrogens with one attached hydrogen (secondary N) is 2. The van der Waals surface area contributed by atoms with E-state index in [2.05, 4.69) is 48.2 Å². The fourth-order valence-electron chi connectivity index (χ4n) is 3.05. The van der Waals surface area contributed by atoms with Crippen LogP contribution < -0.4 is 10.6 Å². The molecule has 0 aromatic heterocycles. The minimum atomic E-state index is 0.307. The Morgan fingerprint density at radius 3 is 2.78 bits per heavy atom. The highest BCUT2D eigenvalue weighted by molar-refractivity contribution is 5.79. The average Bonchev–Trinajstić information content (AvgIpc) is 2.54. The van der Waals surface area contributed by atoms with Gasteiger partial charge in [-0.1, -0.05) is 13.3 Å². The topological polar surface area (TPSA) is 48.9 Å². The first-order valence-electron chi connectivity index (χ1n) is 9.55. The summed E-state index contributed by atoms with van der Waals surface area (Å²) >= 11 is 0. The van der Waals surface area contributed by atoms with Gasteiger partial charge >= 0.3 is 0 Å². The number of aliphatic imine (C=N–C) groups is 1. The zero-order valence-electron chi connectivity index (χ0n) is 15.7. The van der Waals surface area contributed by atoms with Crippen LogP contribution in [0.25, 0.3) is 0 Å². The van der Waals surface area contributed by atoms with Gasteiger partial charge in [0.1, 0.15) is 0 Å². The number of likely N-dealkylation sites (tertiary alicyclic amines) is 1. The first-order valence-corrected chi connectivity index (χ1v) is 9.55. The van der Waals surface area contributed by atoms with Crippen LogP contribution in [0.5, 0.6) is 0 Å². The third kappa shape index (κ3) is 9.16. The van der Waals surface area contributed by atoms with E-state index in [0.717, 1.165) is 51.2 Å². The van der Waals surface area contributed by atoms with Crippen molar-refractivity contribution >= 4 is 5.96 Å². The molecule has 5 heteroatoms. The lowest BCUT2D eigenvalue weighted by Crippen LogP contribution is -2.46. The van der Waals surface area contributed by atoms with Gasteiger partial charge in [-0.25, -0.2) is 0 Å². The monoisotopic (exact) mass is 326 g/mol. The lowest BCUT2D eigenvalue weighted by molar-refractivity contribution is 0.0782. The lowest BCUT2D eigenvalue weighted by atomic mass is 10.0. The van der Waals surface area contributed by atoms with Gasteiger partial charge in [0.25, 0.3) is 0 Å². The van der Waals surface area contributed by atoms with Crippen LogP contribution >= 0.6 is 0 Å². The van der Waals surface area contributed by atoms with Crippen LogP contribution in [0.1, 0.15) is 59.8 Å². The maximum Gasteiger partial charge on any atom is 0.191 e. The van der Waals surface area contributed by atoms with E-state index in [1.165, 1.54) is 32.2 Å². The molecule has 5 nitrogen and oxygen atoms in total. The first-order chi connectivity index (χ1) is 11.2. The van der Waals surface area contributed by atoms with Crippen molar-refractivity contribution in [1.82, 2.24) is 15.5 Å². The molecular weight excluding hydrogens is 288 g/mol. The number of piperidine rings is 1. The predicted octanol–water partition coefficient (Wildman–Crippen LogP) is 2.62. The van der Waals surface area contributed by atoms with Crippen molar-refractivity contribution in [2.75, 3.05) is 39.3 Å². The highest BCUT2D eigenvalue weighted by Crippen LogP contribution is 2.18. The van der Waals surface area contributed by atoms with Crippen molar-refractivity contribution in [3.05, 3.63) is 0 Å². The number of rotatable bonds is 10. The van der Waals surface area contributed by atoms with Crippen molar-refractivity contribution in [3.8, 4) is 0 Å². The van der Waals surface area contributed by atoms with E-state index in [1.54, 1.807) is 0 Å². The molecule has 136 valence electrons. The van der Waals surface area contributed by atoms with Gasteiger partial charge in [0.2, 0.25) is 0 Å². The standard InChI is InChI=1S/C18H38N4O/c1-5-17-10-7-8-13-22(17)14-12-21-18(19-6-2)20-11-9-15-23-16(3)4/h16-17H,5-15H2,1-4H3,(H2,19,20,21). The second kappa shape index (κ2) is 12.6. The number of guanidine groups is 1. The largest absolute Gasteiger partial charge is 0.379 e. The average molecular weight is 327 g/mol.